The summed E-state index contributed by atoms with van der Waals surface area (Å²) in [6.07, 6.45) is 0. The lowest BCUT2D eigenvalue weighted by molar-refractivity contribution is 0.0538. The van der Waals surface area contributed by atoms with Crippen LogP contribution in [0, 0.1) is 0 Å². The molecule has 0 unspecified atom stereocenters. The summed E-state index contributed by atoms with van der Waals surface area (Å²) in [5, 5.41) is 1.90. The van der Waals surface area contributed by atoms with Crippen molar-refractivity contribution in [3.63, 3.8) is 0 Å². The van der Waals surface area contributed by atoms with E-state index >= 15 is 0 Å². The quantitative estimate of drug-likeness (QED) is 0.805. The number of rotatable bonds is 2. The van der Waals surface area contributed by atoms with E-state index in [1.807, 2.05) is 46.7 Å². The number of carbonyl (C=O) groups is 2. The van der Waals surface area contributed by atoms with Crippen molar-refractivity contribution in [2.75, 3.05) is 26.2 Å². The molecule has 0 radical (unpaired) electrons. The monoisotopic (exact) mass is 378 g/mol. The highest BCUT2D eigenvalue weighted by Gasteiger charge is 2.25. The number of amides is 2. The van der Waals surface area contributed by atoms with Gasteiger partial charge in [0, 0.05) is 36.2 Å². The van der Waals surface area contributed by atoms with Gasteiger partial charge in [-0.05, 0) is 29.6 Å². The molecule has 0 bridgehead atoms. The second-order valence-corrected chi connectivity index (χ2v) is 6.94. The van der Waals surface area contributed by atoms with E-state index in [1.165, 1.54) is 11.3 Å². The summed E-state index contributed by atoms with van der Waals surface area (Å²) in [6, 6.07) is 11.1. The van der Waals surface area contributed by atoms with Crippen LogP contribution in [0.2, 0.25) is 0 Å². The smallest absolute Gasteiger partial charge is 0.264 e. The van der Waals surface area contributed by atoms with Crippen molar-refractivity contribution in [2.45, 2.75) is 0 Å². The van der Waals surface area contributed by atoms with Crippen LogP contribution < -0.4 is 0 Å². The number of benzene rings is 1. The fourth-order valence-electron chi connectivity index (χ4n) is 2.47. The molecule has 0 spiro atoms. The van der Waals surface area contributed by atoms with E-state index in [2.05, 4.69) is 15.9 Å². The van der Waals surface area contributed by atoms with Crippen molar-refractivity contribution >= 4 is 39.1 Å². The van der Waals surface area contributed by atoms with Gasteiger partial charge in [-0.1, -0.05) is 28.1 Å². The van der Waals surface area contributed by atoms with E-state index in [-0.39, 0.29) is 11.8 Å². The van der Waals surface area contributed by atoms with Crippen LogP contribution in [0.4, 0.5) is 0 Å². The molecule has 1 aliphatic heterocycles. The Morgan fingerprint density at radius 2 is 1.64 bits per heavy atom. The van der Waals surface area contributed by atoms with Crippen LogP contribution in [0.25, 0.3) is 0 Å². The van der Waals surface area contributed by atoms with Gasteiger partial charge < -0.3 is 9.80 Å². The van der Waals surface area contributed by atoms with E-state index in [0.717, 1.165) is 9.35 Å². The van der Waals surface area contributed by atoms with Gasteiger partial charge >= 0.3 is 0 Å². The Hall–Kier alpha value is -1.66. The molecule has 2 heterocycles. The zero-order chi connectivity index (χ0) is 15.5. The minimum Gasteiger partial charge on any atom is -0.335 e. The molecule has 1 saturated heterocycles. The van der Waals surface area contributed by atoms with Crippen molar-refractivity contribution in [3.8, 4) is 0 Å². The van der Waals surface area contributed by atoms with Gasteiger partial charge in [-0.3, -0.25) is 9.59 Å². The maximum atomic E-state index is 12.5. The molecule has 114 valence electrons. The van der Waals surface area contributed by atoms with Crippen molar-refractivity contribution in [1.82, 2.24) is 9.80 Å². The topological polar surface area (TPSA) is 40.6 Å². The molecule has 4 nitrogen and oxygen atoms in total. The molecular weight excluding hydrogens is 364 g/mol. The largest absolute Gasteiger partial charge is 0.335 e. The molecule has 1 aromatic carbocycles. The molecule has 6 heteroatoms. The van der Waals surface area contributed by atoms with Crippen LogP contribution in [-0.2, 0) is 0 Å². The van der Waals surface area contributed by atoms with Gasteiger partial charge in [0.15, 0.2) is 0 Å². The Kier molecular flexibility index (Phi) is 4.59. The van der Waals surface area contributed by atoms with Gasteiger partial charge in [0.05, 0.1) is 4.88 Å². The maximum Gasteiger partial charge on any atom is 0.264 e. The van der Waals surface area contributed by atoms with E-state index < -0.39 is 0 Å². The number of nitrogens with zero attached hydrogens (tertiary/aromatic N) is 2. The third-order valence-electron chi connectivity index (χ3n) is 3.66. The summed E-state index contributed by atoms with van der Waals surface area (Å²) in [7, 11) is 0. The summed E-state index contributed by atoms with van der Waals surface area (Å²) in [5.41, 5.74) is 0.674. The van der Waals surface area contributed by atoms with Crippen molar-refractivity contribution in [3.05, 3.63) is 56.7 Å². The second kappa shape index (κ2) is 6.62. The average Bonchev–Trinajstić information content (AvgIpc) is 3.08. The zero-order valence-electron chi connectivity index (χ0n) is 11.9. The second-order valence-electron chi connectivity index (χ2n) is 5.07. The fourth-order valence-corrected chi connectivity index (χ4v) is 3.56. The molecular formula is C16H15BrN2O2S. The van der Waals surface area contributed by atoms with Gasteiger partial charge in [0.1, 0.15) is 0 Å². The van der Waals surface area contributed by atoms with Crippen LogP contribution in [0.15, 0.2) is 46.3 Å². The molecule has 3 rings (SSSR count). The predicted octanol–water partition coefficient (Wildman–Crippen LogP) is 3.11. The molecule has 1 aromatic heterocycles. The first-order chi connectivity index (χ1) is 10.6. The Balaban J connectivity index is 1.62. The molecule has 0 aliphatic carbocycles. The van der Waals surface area contributed by atoms with Gasteiger partial charge in [-0.25, -0.2) is 0 Å². The fraction of sp³-hybridized carbons (Fsp3) is 0.250. The molecule has 0 N–H and O–H groups in total. The number of carbonyl (C=O) groups excluding carboxylic acids is 2. The highest BCUT2D eigenvalue weighted by Crippen LogP contribution is 2.17. The Morgan fingerprint density at radius 1 is 0.955 bits per heavy atom. The van der Waals surface area contributed by atoms with Crippen molar-refractivity contribution in [1.29, 1.82) is 0 Å². The molecule has 1 fully saturated rings. The van der Waals surface area contributed by atoms with Crippen LogP contribution in [0.1, 0.15) is 20.0 Å². The molecule has 22 heavy (non-hydrogen) atoms. The highest BCUT2D eigenvalue weighted by atomic mass is 79.9. The highest BCUT2D eigenvalue weighted by molar-refractivity contribution is 9.10. The maximum absolute atomic E-state index is 12.5. The van der Waals surface area contributed by atoms with Crippen LogP contribution >= 0.6 is 27.3 Å². The Bertz CT molecular complexity index is 679. The summed E-state index contributed by atoms with van der Waals surface area (Å²) in [6.45, 7) is 2.30. The van der Waals surface area contributed by atoms with Gasteiger partial charge in [0.25, 0.3) is 11.8 Å². The molecule has 2 amide bonds. The van der Waals surface area contributed by atoms with Gasteiger partial charge in [-0.15, -0.1) is 11.3 Å². The van der Waals surface area contributed by atoms with E-state index in [1.54, 1.807) is 4.90 Å². The summed E-state index contributed by atoms with van der Waals surface area (Å²) < 4.78 is 0.893. The van der Waals surface area contributed by atoms with Crippen molar-refractivity contribution < 1.29 is 9.59 Å². The molecule has 0 atom stereocenters. The van der Waals surface area contributed by atoms with E-state index in [9.17, 15) is 9.59 Å². The standard InChI is InChI=1S/C16H15BrN2O2S/c17-13-4-1-3-12(11-13)15(20)18-6-8-19(9-7-18)16(21)14-5-2-10-22-14/h1-5,10-11H,6-9H2. The van der Waals surface area contributed by atoms with Gasteiger partial charge in [0.2, 0.25) is 0 Å². The third kappa shape index (κ3) is 3.23. The number of hydrogen-bond acceptors (Lipinski definition) is 3. The van der Waals surface area contributed by atoms with E-state index in [0.29, 0.717) is 31.7 Å². The zero-order valence-corrected chi connectivity index (χ0v) is 14.3. The summed E-state index contributed by atoms with van der Waals surface area (Å²) in [4.78, 5) is 29.1. The van der Waals surface area contributed by atoms with Crippen LogP contribution in [0.5, 0.6) is 0 Å². The van der Waals surface area contributed by atoms with Gasteiger partial charge in [-0.2, -0.15) is 0 Å². The number of halogens is 1. The lowest BCUT2D eigenvalue weighted by Gasteiger charge is -2.34. The van der Waals surface area contributed by atoms with Crippen LogP contribution in [-0.4, -0.2) is 47.8 Å². The first-order valence-corrected chi connectivity index (χ1v) is 8.70. The molecule has 1 aliphatic rings. The minimum atomic E-state index is 0.0181. The minimum absolute atomic E-state index is 0.0181. The molecule has 0 saturated carbocycles. The Morgan fingerprint density at radius 3 is 2.23 bits per heavy atom. The number of thiophene rings is 1. The first-order valence-electron chi connectivity index (χ1n) is 7.03. The van der Waals surface area contributed by atoms with E-state index in [4.69, 9.17) is 0 Å². The summed E-state index contributed by atoms with van der Waals surface area (Å²) in [5.74, 6) is 0.0778. The normalized spacial score (nSPS) is 15.0. The van der Waals surface area contributed by atoms with Crippen molar-refractivity contribution in [2.24, 2.45) is 0 Å². The number of hydrogen-bond donors (Lipinski definition) is 0. The number of piperazine rings is 1. The lowest BCUT2D eigenvalue weighted by Crippen LogP contribution is -2.50. The SMILES string of the molecule is O=C(c1cccc(Br)c1)N1CCN(C(=O)c2cccs2)CC1. The predicted molar refractivity (Wildman–Crippen MR) is 90.3 cm³/mol. The Labute approximate surface area is 141 Å². The lowest BCUT2D eigenvalue weighted by atomic mass is 10.2. The third-order valence-corrected chi connectivity index (χ3v) is 5.01. The first kappa shape index (κ1) is 15.2. The molecule has 2 aromatic rings. The average molecular weight is 379 g/mol. The van der Waals surface area contributed by atoms with Crippen LogP contribution in [0.3, 0.4) is 0 Å². The summed E-state index contributed by atoms with van der Waals surface area (Å²) >= 11 is 4.84.